The number of aliphatic hydroxyl groups excluding tert-OH is 1. The average molecular weight is 428 g/mol. The molecule has 0 bridgehead atoms. The van der Waals surface area contributed by atoms with Gasteiger partial charge < -0.3 is 15.4 Å². The number of rotatable bonds is 4. The standard InChI is InChI=1S/C22H25N3O4S/c1-12-4-5-16(30(27,28)17-6-13(2)20(26)10-17)9-18(12)15-8-19(22(23)24-11-15)21-7-14(3)25-29-21/h4-5,7-9,11,13,17,20,26H,6,10H2,1-3H3,(H2,23,24)/t13-,17?,20-/m1/s1. The first kappa shape index (κ1) is 20.6. The lowest BCUT2D eigenvalue weighted by molar-refractivity contribution is 0.141. The van der Waals surface area contributed by atoms with Crippen molar-refractivity contribution in [2.45, 2.75) is 49.9 Å². The second kappa shape index (κ2) is 7.52. The Bertz CT molecular complexity index is 1190. The van der Waals surface area contributed by atoms with Gasteiger partial charge in [0, 0.05) is 17.8 Å². The van der Waals surface area contributed by atoms with Crippen molar-refractivity contribution in [3.05, 3.63) is 47.8 Å². The van der Waals surface area contributed by atoms with Crippen LogP contribution in [-0.2, 0) is 9.84 Å². The normalized spacial score (nSPS) is 21.8. The van der Waals surface area contributed by atoms with Crippen LogP contribution in [0.2, 0.25) is 0 Å². The average Bonchev–Trinajstić information content (AvgIpc) is 3.28. The minimum Gasteiger partial charge on any atom is -0.393 e. The largest absolute Gasteiger partial charge is 0.393 e. The first-order valence-electron chi connectivity index (χ1n) is 9.89. The molecule has 0 aliphatic heterocycles. The SMILES string of the molecule is Cc1cc(-c2cc(-c3cc(S(=O)(=O)C4C[C@@H](C)[C@H](O)C4)ccc3C)cnc2N)on1. The third-order valence-corrected chi connectivity index (χ3v) is 8.07. The highest BCUT2D eigenvalue weighted by atomic mass is 32.2. The molecule has 1 aliphatic carbocycles. The van der Waals surface area contributed by atoms with Gasteiger partial charge in [-0.1, -0.05) is 18.1 Å². The number of hydrogen-bond donors (Lipinski definition) is 2. The van der Waals surface area contributed by atoms with E-state index in [9.17, 15) is 13.5 Å². The molecule has 0 radical (unpaired) electrons. The van der Waals surface area contributed by atoms with E-state index in [0.717, 1.165) is 22.4 Å². The third kappa shape index (κ3) is 3.61. The van der Waals surface area contributed by atoms with Gasteiger partial charge in [-0.15, -0.1) is 0 Å². The summed E-state index contributed by atoms with van der Waals surface area (Å²) < 4.78 is 31.7. The molecule has 3 atom stereocenters. The second-order valence-corrected chi connectivity index (χ2v) is 10.4. The zero-order valence-corrected chi connectivity index (χ0v) is 18.0. The maximum absolute atomic E-state index is 13.2. The number of sulfone groups is 1. The Hall–Kier alpha value is -2.71. The van der Waals surface area contributed by atoms with Gasteiger partial charge in [-0.05, 0) is 61.9 Å². The minimum atomic E-state index is -3.55. The number of aromatic nitrogens is 2. The Labute approximate surface area is 175 Å². The van der Waals surface area contributed by atoms with Gasteiger partial charge in [-0.2, -0.15) is 0 Å². The number of aryl methyl sites for hydroxylation is 2. The number of benzene rings is 1. The van der Waals surface area contributed by atoms with Crippen molar-refractivity contribution in [1.29, 1.82) is 0 Å². The minimum absolute atomic E-state index is 0.0242. The molecule has 0 amide bonds. The topological polar surface area (TPSA) is 119 Å². The molecule has 3 N–H and O–H groups in total. The molecule has 1 aliphatic rings. The van der Waals surface area contributed by atoms with Crippen molar-refractivity contribution >= 4 is 15.7 Å². The van der Waals surface area contributed by atoms with Gasteiger partial charge in [0.15, 0.2) is 15.6 Å². The van der Waals surface area contributed by atoms with Crippen LogP contribution in [0.3, 0.4) is 0 Å². The van der Waals surface area contributed by atoms with Crippen LogP contribution in [0.1, 0.15) is 31.0 Å². The summed E-state index contributed by atoms with van der Waals surface area (Å²) in [5, 5.41) is 13.3. The van der Waals surface area contributed by atoms with Gasteiger partial charge in [0.25, 0.3) is 0 Å². The summed E-state index contributed by atoms with van der Waals surface area (Å²) in [4.78, 5) is 4.53. The van der Waals surface area contributed by atoms with Crippen LogP contribution in [-0.4, -0.2) is 35.0 Å². The zero-order chi connectivity index (χ0) is 21.6. The van der Waals surface area contributed by atoms with Crippen molar-refractivity contribution < 1.29 is 18.0 Å². The van der Waals surface area contributed by atoms with Crippen LogP contribution in [0.4, 0.5) is 5.82 Å². The molecular weight excluding hydrogens is 402 g/mol. The monoisotopic (exact) mass is 427 g/mol. The van der Waals surface area contributed by atoms with Crippen LogP contribution >= 0.6 is 0 Å². The highest BCUT2D eigenvalue weighted by Crippen LogP contribution is 2.36. The Morgan fingerprint density at radius 3 is 2.53 bits per heavy atom. The van der Waals surface area contributed by atoms with Crippen LogP contribution in [0, 0.1) is 19.8 Å². The predicted octanol–water partition coefficient (Wildman–Crippen LogP) is 3.54. The van der Waals surface area contributed by atoms with Crippen LogP contribution < -0.4 is 5.73 Å². The van der Waals surface area contributed by atoms with E-state index >= 15 is 0 Å². The van der Waals surface area contributed by atoms with E-state index in [4.69, 9.17) is 10.3 Å². The van der Waals surface area contributed by atoms with E-state index in [1.165, 1.54) is 0 Å². The van der Waals surface area contributed by atoms with Gasteiger partial charge >= 0.3 is 0 Å². The summed E-state index contributed by atoms with van der Waals surface area (Å²) in [6, 6.07) is 8.73. The van der Waals surface area contributed by atoms with Gasteiger partial charge in [-0.25, -0.2) is 13.4 Å². The first-order chi connectivity index (χ1) is 14.2. The van der Waals surface area contributed by atoms with E-state index in [1.807, 2.05) is 26.8 Å². The van der Waals surface area contributed by atoms with Gasteiger partial charge in [0.2, 0.25) is 0 Å². The van der Waals surface area contributed by atoms with Crippen LogP contribution in [0.25, 0.3) is 22.5 Å². The fourth-order valence-corrected chi connectivity index (χ4v) is 5.95. The number of nitrogens with two attached hydrogens (primary N) is 1. The Balaban J connectivity index is 1.76. The zero-order valence-electron chi connectivity index (χ0n) is 17.2. The highest BCUT2D eigenvalue weighted by molar-refractivity contribution is 7.92. The Kier molecular flexibility index (Phi) is 5.15. The molecule has 1 unspecified atom stereocenters. The Morgan fingerprint density at radius 2 is 1.90 bits per heavy atom. The molecule has 0 spiro atoms. The van der Waals surface area contributed by atoms with Crippen molar-refractivity contribution in [2.75, 3.05) is 5.73 Å². The smallest absolute Gasteiger partial charge is 0.181 e. The summed E-state index contributed by atoms with van der Waals surface area (Å²) in [6.07, 6.45) is 1.78. The lowest BCUT2D eigenvalue weighted by Gasteiger charge is -2.15. The lowest BCUT2D eigenvalue weighted by Crippen LogP contribution is -2.19. The van der Waals surface area contributed by atoms with E-state index < -0.39 is 21.2 Å². The molecule has 7 nitrogen and oxygen atoms in total. The molecule has 1 saturated carbocycles. The Morgan fingerprint density at radius 1 is 1.13 bits per heavy atom. The van der Waals surface area contributed by atoms with E-state index in [-0.39, 0.29) is 17.2 Å². The molecule has 30 heavy (non-hydrogen) atoms. The number of anilines is 1. The summed E-state index contributed by atoms with van der Waals surface area (Å²) >= 11 is 0. The van der Waals surface area contributed by atoms with E-state index in [1.54, 1.807) is 30.5 Å². The molecule has 8 heteroatoms. The van der Waals surface area contributed by atoms with Crippen molar-refractivity contribution in [3.63, 3.8) is 0 Å². The van der Waals surface area contributed by atoms with E-state index in [0.29, 0.717) is 23.6 Å². The number of pyridine rings is 1. The van der Waals surface area contributed by atoms with Crippen molar-refractivity contribution in [2.24, 2.45) is 5.92 Å². The molecule has 3 aromatic rings. The quantitative estimate of drug-likeness (QED) is 0.653. The van der Waals surface area contributed by atoms with Gasteiger partial charge in [-0.3, -0.25) is 0 Å². The van der Waals surface area contributed by atoms with Gasteiger partial charge in [0.1, 0.15) is 5.82 Å². The number of nitrogens with zero attached hydrogens (tertiary/aromatic N) is 2. The fraction of sp³-hybridized carbons (Fsp3) is 0.364. The summed E-state index contributed by atoms with van der Waals surface area (Å²) in [5.41, 5.74) is 9.78. The first-order valence-corrected chi connectivity index (χ1v) is 11.4. The van der Waals surface area contributed by atoms with Crippen molar-refractivity contribution in [1.82, 2.24) is 10.1 Å². The second-order valence-electron chi connectivity index (χ2n) is 8.15. The molecule has 158 valence electrons. The molecule has 2 aromatic heterocycles. The molecule has 0 saturated heterocycles. The van der Waals surface area contributed by atoms with Crippen LogP contribution in [0.5, 0.6) is 0 Å². The molecule has 2 heterocycles. The number of aliphatic hydroxyl groups is 1. The molecule has 1 fully saturated rings. The molecular formula is C22H25N3O4S. The number of hydrogen-bond acceptors (Lipinski definition) is 7. The van der Waals surface area contributed by atoms with E-state index in [2.05, 4.69) is 10.1 Å². The summed E-state index contributed by atoms with van der Waals surface area (Å²) in [6.45, 7) is 5.62. The molecule has 1 aromatic carbocycles. The number of nitrogen functional groups attached to an aromatic ring is 1. The predicted molar refractivity (Wildman–Crippen MR) is 114 cm³/mol. The van der Waals surface area contributed by atoms with Crippen molar-refractivity contribution in [3.8, 4) is 22.5 Å². The maximum atomic E-state index is 13.2. The third-order valence-electron chi connectivity index (χ3n) is 5.90. The highest BCUT2D eigenvalue weighted by Gasteiger charge is 2.38. The van der Waals surface area contributed by atoms with Crippen LogP contribution in [0.15, 0.2) is 45.9 Å². The summed E-state index contributed by atoms with van der Waals surface area (Å²) in [7, 11) is -3.55. The fourth-order valence-electron chi connectivity index (χ4n) is 4.02. The summed E-state index contributed by atoms with van der Waals surface area (Å²) in [5.74, 6) is 0.795. The maximum Gasteiger partial charge on any atom is 0.181 e. The lowest BCUT2D eigenvalue weighted by atomic mass is 10.00. The molecule has 4 rings (SSSR count). The van der Waals surface area contributed by atoms with Gasteiger partial charge in [0.05, 0.1) is 27.5 Å².